The minimum Gasteiger partial charge on any atom is -0.193 e. The Morgan fingerprint density at radius 3 is 2.10 bits per heavy atom. The fourth-order valence-electron chi connectivity index (χ4n) is 3.88. The monoisotopic (exact) mass is 423 g/mol. The van der Waals surface area contributed by atoms with Crippen LogP contribution in [0.1, 0.15) is 16.7 Å². The highest BCUT2D eigenvalue weighted by Crippen LogP contribution is 2.60. The average molecular weight is 424 g/mol. The number of nitrogens with zero attached hydrogens (tertiary/aromatic N) is 1. The summed E-state index contributed by atoms with van der Waals surface area (Å²) in [4.78, 5) is 1.17. The highest BCUT2D eigenvalue weighted by atomic mass is 32.2. The van der Waals surface area contributed by atoms with Crippen molar-refractivity contribution in [3.05, 3.63) is 134 Å². The van der Waals surface area contributed by atoms with Crippen LogP contribution in [0.25, 0.3) is 6.08 Å². The van der Waals surface area contributed by atoms with Crippen LogP contribution in [-0.2, 0) is 11.8 Å². The molecule has 3 aromatic carbocycles. The molecule has 1 atom stereocenters. The first kappa shape index (κ1) is 20.3. The van der Waals surface area contributed by atoms with Crippen LogP contribution in [0.15, 0.2) is 118 Å². The smallest absolute Gasteiger partial charge is 0.0978 e. The predicted molar refractivity (Wildman–Crippen MR) is 131 cm³/mol. The summed E-state index contributed by atoms with van der Waals surface area (Å²) in [5.74, 6) is 0. The number of benzene rings is 3. The van der Waals surface area contributed by atoms with Gasteiger partial charge in [-0.05, 0) is 34.6 Å². The summed E-state index contributed by atoms with van der Waals surface area (Å²) in [5, 5.41) is 12.1. The number of rotatable bonds is 6. The quantitative estimate of drug-likeness (QED) is 0.408. The Balaban J connectivity index is 1.99. The first-order valence-electron chi connectivity index (χ1n) is 9.75. The fourth-order valence-corrected chi connectivity index (χ4v) is 6.22. The Kier molecular flexibility index (Phi) is 6.28. The molecule has 0 spiro atoms. The van der Waals surface area contributed by atoms with E-state index in [0.29, 0.717) is 0 Å². The second kappa shape index (κ2) is 9.26. The molecule has 3 aromatic rings. The second-order valence-corrected chi connectivity index (χ2v) is 9.30. The summed E-state index contributed by atoms with van der Waals surface area (Å²) in [5.41, 5.74) is 3.76. The van der Waals surface area contributed by atoms with Crippen LogP contribution in [0.4, 0.5) is 0 Å². The number of thioether (sulfide) groups is 2. The lowest BCUT2D eigenvalue weighted by atomic mass is 9.70. The fraction of sp³-hybridized carbons (Fsp3) is 0.0741. The second-order valence-electron chi connectivity index (χ2n) is 7.01. The van der Waals surface area contributed by atoms with Gasteiger partial charge in [0.2, 0.25) is 0 Å². The van der Waals surface area contributed by atoms with Crippen LogP contribution in [0.2, 0.25) is 0 Å². The molecule has 4 rings (SSSR count). The third-order valence-electron chi connectivity index (χ3n) is 5.23. The molecule has 1 heterocycles. The maximum atomic E-state index is 10.3. The van der Waals surface area contributed by atoms with Crippen molar-refractivity contribution in [2.75, 3.05) is 0 Å². The van der Waals surface area contributed by atoms with Crippen molar-refractivity contribution < 1.29 is 0 Å². The molecule has 30 heavy (non-hydrogen) atoms. The molecule has 0 N–H and O–H groups in total. The Hall–Kier alpha value is -2.93. The van der Waals surface area contributed by atoms with Crippen LogP contribution in [0, 0.1) is 11.3 Å². The molecule has 0 radical (unpaired) electrons. The maximum Gasteiger partial charge on any atom is 0.0978 e. The largest absolute Gasteiger partial charge is 0.193 e. The highest BCUT2D eigenvalue weighted by molar-refractivity contribution is 8.25. The van der Waals surface area contributed by atoms with E-state index in [1.54, 1.807) is 11.8 Å². The van der Waals surface area contributed by atoms with Crippen LogP contribution < -0.4 is 0 Å². The summed E-state index contributed by atoms with van der Waals surface area (Å²) in [6, 6.07) is 33.8. The minimum absolute atomic E-state index is 0.525. The molecule has 0 saturated heterocycles. The van der Waals surface area contributed by atoms with Crippen molar-refractivity contribution in [1.29, 1.82) is 5.26 Å². The lowest BCUT2D eigenvalue weighted by Crippen LogP contribution is -2.30. The number of hydrogen-bond donors (Lipinski definition) is 0. The molecular weight excluding hydrogens is 402 g/mol. The lowest BCUT2D eigenvalue weighted by Gasteiger charge is -2.32. The lowest BCUT2D eigenvalue weighted by molar-refractivity contribution is 0.639. The molecule has 0 saturated carbocycles. The van der Waals surface area contributed by atoms with Crippen molar-refractivity contribution in [3.8, 4) is 6.07 Å². The Morgan fingerprint density at radius 1 is 0.900 bits per heavy atom. The standard InChI is InChI=1S/C27H21NS2/c1-2-29-26-24(20-28)27(23-16-10-5-11-17-23,19-22-14-8-4-9-15-22)25(30-26)18-21-12-6-3-7-13-21/h2-18H,1,19H2/b25-18-. The normalized spacial score (nSPS) is 19.6. The Bertz CT molecular complexity index is 1130. The van der Waals surface area contributed by atoms with E-state index in [1.807, 2.05) is 35.7 Å². The van der Waals surface area contributed by atoms with Gasteiger partial charge in [0.25, 0.3) is 0 Å². The van der Waals surface area contributed by atoms with Gasteiger partial charge in [-0.25, -0.2) is 0 Å². The van der Waals surface area contributed by atoms with Crippen molar-refractivity contribution >= 4 is 29.6 Å². The zero-order valence-corrected chi connectivity index (χ0v) is 18.1. The first-order valence-corrected chi connectivity index (χ1v) is 11.4. The van der Waals surface area contributed by atoms with Crippen LogP contribution >= 0.6 is 23.5 Å². The van der Waals surface area contributed by atoms with E-state index in [4.69, 9.17) is 0 Å². The molecule has 1 unspecified atom stereocenters. The van der Waals surface area contributed by atoms with Gasteiger partial charge < -0.3 is 0 Å². The predicted octanol–water partition coefficient (Wildman–Crippen LogP) is 7.57. The van der Waals surface area contributed by atoms with Gasteiger partial charge in [0, 0.05) is 4.91 Å². The van der Waals surface area contributed by atoms with Crippen LogP contribution in [0.5, 0.6) is 0 Å². The van der Waals surface area contributed by atoms with Gasteiger partial charge in [-0.15, -0.1) is 0 Å². The Morgan fingerprint density at radius 2 is 1.50 bits per heavy atom. The van der Waals surface area contributed by atoms with E-state index in [9.17, 15) is 5.26 Å². The van der Waals surface area contributed by atoms with Gasteiger partial charge in [0.1, 0.15) is 0 Å². The van der Waals surface area contributed by atoms with Crippen molar-refractivity contribution in [3.63, 3.8) is 0 Å². The molecular formula is C27H21NS2. The molecule has 146 valence electrons. The molecule has 0 fully saturated rings. The molecule has 3 heteroatoms. The molecule has 0 aromatic heterocycles. The van der Waals surface area contributed by atoms with Gasteiger partial charge in [0.15, 0.2) is 0 Å². The maximum absolute atomic E-state index is 10.3. The summed E-state index contributed by atoms with van der Waals surface area (Å²) < 4.78 is 1.01. The van der Waals surface area contributed by atoms with E-state index >= 15 is 0 Å². The van der Waals surface area contributed by atoms with Gasteiger partial charge in [-0.2, -0.15) is 5.26 Å². The van der Waals surface area contributed by atoms with Crippen molar-refractivity contribution in [1.82, 2.24) is 0 Å². The zero-order valence-electron chi connectivity index (χ0n) is 16.5. The minimum atomic E-state index is -0.525. The molecule has 0 aliphatic carbocycles. The van der Waals surface area contributed by atoms with E-state index in [1.165, 1.54) is 22.2 Å². The van der Waals surface area contributed by atoms with Gasteiger partial charge in [-0.3, -0.25) is 0 Å². The third-order valence-corrected chi connectivity index (χ3v) is 7.43. The van der Waals surface area contributed by atoms with Crippen LogP contribution in [-0.4, -0.2) is 0 Å². The van der Waals surface area contributed by atoms with Crippen LogP contribution in [0.3, 0.4) is 0 Å². The summed E-state index contributed by atoms with van der Waals surface area (Å²) in [7, 11) is 0. The van der Waals surface area contributed by atoms with Gasteiger partial charge in [-0.1, -0.05) is 121 Å². The summed E-state index contributed by atoms with van der Waals surface area (Å²) >= 11 is 3.23. The number of hydrogen-bond acceptors (Lipinski definition) is 3. The third kappa shape index (κ3) is 3.89. The number of nitriles is 1. The van der Waals surface area contributed by atoms with Crippen molar-refractivity contribution in [2.24, 2.45) is 0 Å². The summed E-state index contributed by atoms with van der Waals surface area (Å²) in [6.07, 6.45) is 2.96. The molecule has 1 aliphatic heterocycles. The van der Waals surface area contributed by atoms with E-state index in [0.717, 1.165) is 27.4 Å². The average Bonchev–Trinajstić information content (AvgIpc) is 3.08. The molecule has 0 bridgehead atoms. The molecule has 0 amide bonds. The SMILES string of the molecule is C=CSC1=C(C#N)C(Cc2ccccc2)(c2ccccc2)/C(=C/c2ccccc2)S1. The van der Waals surface area contributed by atoms with E-state index < -0.39 is 5.41 Å². The molecule has 1 aliphatic rings. The Labute approximate surface area is 186 Å². The van der Waals surface area contributed by atoms with E-state index in [-0.39, 0.29) is 0 Å². The summed E-state index contributed by atoms with van der Waals surface area (Å²) in [6.45, 7) is 3.89. The molecule has 1 nitrogen and oxygen atoms in total. The van der Waals surface area contributed by atoms with Gasteiger partial charge in [0.05, 0.1) is 21.3 Å². The first-order chi connectivity index (χ1) is 14.8. The van der Waals surface area contributed by atoms with E-state index in [2.05, 4.69) is 79.4 Å². The van der Waals surface area contributed by atoms with Gasteiger partial charge >= 0.3 is 0 Å². The zero-order chi connectivity index (χ0) is 20.8. The highest BCUT2D eigenvalue weighted by Gasteiger charge is 2.47. The van der Waals surface area contributed by atoms with Crippen molar-refractivity contribution in [2.45, 2.75) is 11.8 Å². The topological polar surface area (TPSA) is 23.8 Å². The number of allylic oxidation sites excluding steroid dienone is 2.